The van der Waals surface area contributed by atoms with E-state index in [0.717, 1.165) is 53.1 Å². The van der Waals surface area contributed by atoms with Crippen LogP contribution in [0, 0.1) is 0 Å². The fourth-order valence-electron chi connectivity index (χ4n) is 3.99. The number of nitrogens with one attached hydrogen (secondary N) is 2. The van der Waals surface area contributed by atoms with Crippen molar-refractivity contribution in [2.75, 3.05) is 32.0 Å². The van der Waals surface area contributed by atoms with Gasteiger partial charge in [0.2, 0.25) is 0 Å². The van der Waals surface area contributed by atoms with Crippen LogP contribution in [-0.2, 0) is 19.4 Å². The van der Waals surface area contributed by atoms with Crippen LogP contribution < -0.4 is 24.8 Å². The van der Waals surface area contributed by atoms with Crippen molar-refractivity contribution < 1.29 is 19.0 Å². The van der Waals surface area contributed by atoms with Crippen LogP contribution >= 0.6 is 11.3 Å². The molecule has 0 fully saturated rings. The zero-order chi connectivity index (χ0) is 22.5. The molecule has 4 rings (SSSR count). The van der Waals surface area contributed by atoms with Crippen LogP contribution in [0.2, 0.25) is 0 Å². The summed E-state index contributed by atoms with van der Waals surface area (Å²) >= 11 is 1.69. The number of carbonyl (C=O) groups excluding carboxylic acids is 1. The lowest BCUT2D eigenvalue weighted by molar-refractivity contribution is 0.102. The second-order valence-electron chi connectivity index (χ2n) is 7.64. The lowest BCUT2D eigenvalue weighted by Crippen LogP contribution is -2.17. The monoisotopic (exact) mass is 452 g/mol. The molecule has 1 amide bonds. The van der Waals surface area contributed by atoms with Crippen molar-refractivity contribution in [3.63, 3.8) is 0 Å². The summed E-state index contributed by atoms with van der Waals surface area (Å²) < 4.78 is 16.1. The first-order chi connectivity index (χ1) is 15.6. The highest BCUT2D eigenvalue weighted by atomic mass is 32.1. The smallest absolute Gasteiger partial charge is 0.259 e. The maximum Gasteiger partial charge on any atom is 0.259 e. The van der Waals surface area contributed by atoms with Crippen LogP contribution in [-0.4, -0.2) is 27.2 Å². The number of ether oxygens (including phenoxy) is 3. The molecule has 2 N–H and O–H groups in total. The van der Waals surface area contributed by atoms with E-state index in [1.165, 1.54) is 4.88 Å². The molecule has 0 unspecified atom stereocenters. The number of methoxy groups -OCH3 is 3. The predicted molar refractivity (Wildman–Crippen MR) is 129 cm³/mol. The molecule has 7 heteroatoms. The van der Waals surface area contributed by atoms with Gasteiger partial charge in [0.05, 0.1) is 32.6 Å². The van der Waals surface area contributed by atoms with Gasteiger partial charge in [-0.25, -0.2) is 0 Å². The van der Waals surface area contributed by atoms with Crippen molar-refractivity contribution in [2.24, 2.45) is 0 Å². The van der Waals surface area contributed by atoms with Crippen molar-refractivity contribution in [1.82, 2.24) is 0 Å². The highest BCUT2D eigenvalue weighted by Crippen LogP contribution is 2.39. The van der Waals surface area contributed by atoms with Gasteiger partial charge in [0.25, 0.3) is 5.91 Å². The van der Waals surface area contributed by atoms with Crippen molar-refractivity contribution in [1.29, 1.82) is 0 Å². The standard InChI is InChI=1S/C25H28N2O4S/c1-29-17-8-6-7-16(13-17)15-26-25-23(19-9-4-5-10-22(19)32-25)24(28)27-20-14-18(30-2)11-12-21(20)31-3/h6-8,11-14,26H,4-5,9-10,15H2,1-3H3,(H,27,28). The van der Waals surface area contributed by atoms with E-state index in [9.17, 15) is 4.79 Å². The SMILES string of the molecule is COc1cccc(CNc2sc3c(c2C(=O)Nc2cc(OC)ccc2OC)CCCC3)c1. The quantitative estimate of drug-likeness (QED) is 0.471. The maximum atomic E-state index is 13.5. The lowest BCUT2D eigenvalue weighted by Gasteiger charge is -2.15. The van der Waals surface area contributed by atoms with Crippen LogP contribution in [0.3, 0.4) is 0 Å². The Balaban J connectivity index is 1.62. The molecule has 32 heavy (non-hydrogen) atoms. The van der Waals surface area contributed by atoms with Crippen LogP contribution in [0.25, 0.3) is 0 Å². The average Bonchev–Trinajstić information content (AvgIpc) is 3.21. The molecule has 1 aromatic heterocycles. The topological polar surface area (TPSA) is 68.8 Å². The average molecular weight is 453 g/mol. The Labute approximate surface area is 192 Å². The molecule has 0 saturated carbocycles. The second kappa shape index (κ2) is 9.96. The lowest BCUT2D eigenvalue weighted by atomic mass is 9.95. The van der Waals surface area contributed by atoms with Crippen LogP contribution in [0.5, 0.6) is 17.2 Å². The van der Waals surface area contributed by atoms with Crippen LogP contribution in [0.1, 0.15) is 39.2 Å². The van der Waals surface area contributed by atoms with E-state index in [2.05, 4.69) is 10.6 Å². The Hall–Kier alpha value is -3.19. The highest BCUT2D eigenvalue weighted by Gasteiger charge is 2.26. The van der Waals surface area contributed by atoms with E-state index in [-0.39, 0.29) is 5.91 Å². The number of anilines is 2. The minimum Gasteiger partial charge on any atom is -0.497 e. The summed E-state index contributed by atoms with van der Waals surface area (Å²) in [5.74, 6) is 1.93. The number of hydrogen-bond acceptors (Lipinski definition) is 6. The number of benzene rings is 2. The van der Waals surface area contributed by atoms with Gasteiger partial charge in [-0.15, -0.1) is 11.3 Å². The predicted octanol–water partition coefficient (Wildman–Crippen LogP) is 5.52. The normalized spacial score (nSPS) is 12.6. The van der Waals surface area contributed by atoms with Gasteiger partial charge >= 0.3 is 0 Å². The molecule has 0 radical (unpaired) electrons. The van der Waals surface area contributed by atoms with Gasteiger partial charge in [-0.2, -0.15) is 0 Å². The summed E-state index contributed by atoms with van der Waals surface area (Å²) in [6.45, 7) is 0.610. The Bertz CT molecular complexity index is 1110. The summed E-state index contributed by atoms with van der Waals surface area (Å²) in [7, 11) is 4.85. The number of thiophene rings is 1. The van der Waals surface area contributed by atoms with E-state index < -0.39 is 0 Å². The molecule has 1 aliphatic carbocycles. The Morgan fingerprint density at radius 2 is 1.75 bits per heavy atom. The number of carbonyl (C=O) groups is 1. The fraction of sp³-hybridized carbons (Fsp3) is 0.320. The molecule has 0 bridgehead atoms. The van der Waals surface area contributed by atoms with Gasteiger partial charge in [0.15, 0.2) is 0 Å². The molecule has 2 aromatic carbocycles. The first kappa shape index (κ1) is 22.0. The number of aryl methyl sites for hydroxylation is 1. The van der Waals surface area contributed by atoms with E-state index in [4.69, 9.17) is 14.2 Å². The Morgan fingerprint density at radius 3 is 2.53 bits per heavy atom. The highest BCUT2D eigenvalue weighted by molar-refractivity contribution is 7.16. The molecule has 0 spiro atoms. The van der Waals surface area contributed by atoms with Gasteiger partial charge in [-0.1, -0.05) is 12.1 Å². The molecule has 0 saturated heterocycles. The molecule has 1 aliphatic rings. The third kappa shape index (κ3) is 4.67. The van der Waals surface area contributed by atoms with Gasteiger partial charge < -0.3 is 24.8 Å². The first-order valence-electron chi connectivity index (χ1n) is 10.7. The van der Waals surface area contributed by atoms with Gasteiger partial charge in [0, 0.05) is 17.5 Å². The van der Waals surface area contributed by atoms with Crippen molar-refractivity contribution in [3.05, 3.63) is 64.0 Å². The Morgan fingerprint density at radius 1 is 0.969 bits per heavy atom. The van der Waals surface area contributed by atoms with Crippen LogP contribution in [0.4, 0.5) is 10.7 Å². The molecular weight excluding hydrogens is 424 g/mol. The minimum atomic E-state index is -0.135. The van der Waals surface area contributed by atoms with Crippen molar-refractivity contribution in [3.8, 4) is 17.2 Å². The minimum absolute atomic E-state index is 0.135. The van der Waals surface area contributed by atoms with E-state index in [1.54, 1.807) is 44.8 Å². The molecule has 3 aromatic rings. The summed E-state index contributed by atoms with van der Waals surface area (Å²) in [6, 6.07) is 13.3. The van der Waals surface area contributed by atoms with Gasteiger partial charge in [-0.05, 0) is 61.1 Å². The number of rotatable bonds is 8. The summed E-state index contributed by atoms with van der Waals surface area (Å²) in [6.07, 6.45) is 4.20. The number of fused-ring (bicyclic) bond motifs is 1. The summed E-state index contributed by atoms with van der Waals surface area (Å²) in [5, 5.41) is 7.45. The zero-order valence-corrected chi connectivity index (χ0v) is 19.4. The van der Waals surface area contributed by atoms with Crippen LogP contribution in [0.15, 0.2) is 42.5 Å². The molecule has 6 nitrogen and oxygen atoms in total. The first-order valence-corrected chi connectivity index (χ1v) is 11.5. The molecule has 1 heterocycles. The van der Waals surface area contributed by atoms with Gasteiger partial charge in [0.1, 0.15) is 22.2 Å². The fourth-order valence-corrected chi connectivity index (χ4v) is 5.27. The maximum absolute atomic E-state index is 13.5. The molecule has 0 aliphatic heterocycles. The molecular formula is C25H28N2O4S. The number of hydrogen-bond donors (Lipinski definition) is 2. The largest absolute Gasteiger partial charge is 0.497 e. The Kier molecular flexibility index (Phi) is 6.85. The van der Waals surface area contributed by atoms with E-state index >= 15 is 0 Å². The van der Waals surface area contributed by atoms with Crippen molar-refractivity contribution >= 4 is 27.9 Å². The molecule has 168 valence electrons. The van der Waals surface area contributed by atoms with E-state index in [0.29, 0.717) is 23.7 Å². The number of amides is 1. The van der Waals surface area contributed by atoms with Gasteiger partial charge in [-0.3, -0.25) is 4.79 Å². The summed E-state index contributed by atoms with van der Waals surface area (Å²) in [5.41, 5.74) is 3.58. The third-order valence-corrected chi connectivity index (χ3v) is 6.89. The van der Waals surface area contributed by atoms with Crippen molar-refractivity contribution in [2.45, 2.75) is 32.2 Å². The van der Waals surface area contributed by atoms with E-state index in [1.807, 2.05) is 30.3 Å². The third-order valence-electron chi connectivity index (χ3n) is 5.64. The second-order valence-corrected chi connectivity index (χ2v) is 8.75. The summed E-state index contributed by atoms with van der Waals surface area (Å²) in [4.78, 5) is 14.8. The zero-order valence-electron chi connectivity index (χ0n) is 18.6. The molecule has 0 atom stereocenters.